The van der Waals surface area contributed by atoms with Crippen LogP contribution in [0.2, 0.25) is 0 Å². The van der Waals surface area contributed by atoms with Crippen molar-refractivity contribution in [3.63, 3.8) is 0 Å². The van der Waals surface area contributed by atoms with E-state index in [9.17, 15) is 10.1 Å². The molecule has 25 heavy (non-hydrogen) atoms. The molecule has 2 rings (SSSR count). The minimum absolute atomic E-state index is 0.264. The third-order valence-corrected chi connectivity index (χ3v) is 4.17. The minimum atomic E-state index is -0.816. The predicted molar refractivity (Wildman–Crippen MR) is 96.9 cm³/mol. The Bertz CT molecular complexity index is 809. The van der Waals surface area contributed by atoms with E-state index < -0.39 is 5.92 Å². The Morgan fingerprint density at radius 1 is 1.12 bits per heavy atom. The molecule has 0 aliphatic heterocycles. The molecule has 0 unspecified atom stereocenters. The van der Waals surface area contributed by atoms with E-state index >= 15 is 0 Å². The topological polar surface area (TPSA) is 71.3 Å². The van der Waals surface area contributed by atoms with Crippen LogP contribution in [-0.2, 0) is 11.2 Å². The van der Waals surface area contributed by atoms with E-state index in [4.69, 9.17) is 9.47 Å². The second kappa shape index (κ2) is 8.20. The summed E-state index contributed by atoms with van der Waals surface area (Å²) < 4.78 is 10.5. The monoisotopic (exact) mass is 338 g/mol. The molecule has 130 valence electrons. The summed E-state index contributed by atoms with van der Waals surface area (Å²) in [4.78, 5) is 12.5. The molecule has 2 aromatic rings. The summed E-state index contributed by atoms with van der Waals surface area (Å²) in [6.45, 7) is 3.99. The van der Waals surface area contributed by atoms with E-state index in [1.165, 1.54) is 0 Å². The number of ether oxygens (including phenoxy) is 2. The number of aryl methyl sites for hydroxylation is 2. The Hall–Kier alpha value is -3.00. The molecule has 0 radical (unpaired) electrons. The van der Waals surface area contributed by atoms with Gasteiger partial charge in [-0.05, 0) is 48.7 Å². The van der Waals surface area contributed by atoms with Gasteiger partial charge in [-0.15, -0.1) is 0 Å². The molecular weight excluding hydrogens is 316 g/mol. The first kappa shape index (κ1) is 18.3. The van der Waals surface area contributed by atoms with E-state index in [2.05, 4.69) is 11.4 Å². The highest BCUT2D eigenvalue weighted by Crippen LogP contribution is 2.27. The van der Waals surface area contributed by atoms with Crippen molar-refractivity contribution < 1.29 is 14.3 Å². The maximum Gasteiger partial charge on any atom is 0.242 e. The van der Waals surface area contributed by atoms with Crippen LogP contribution >= 0.6 is 0 Å². The maximum absolute atomic E-state index is 12.5. The number of methoxy groups -OCH3 is 2. The predicted octanol–water partition coefficient (Wildman–Crippen LogP) is 3.64. The van der Waals surface area contributed by atoms with Gasteiger partial charge in [0.2, 0.25) is 5.91 Å². The first-order valence-electron chi connectivity index (χ1n) is 7.97. The molecule has 5 heteroatoms. The Balaban J connectivity index is 2.15. The standard InChI is InChI=1S/C20H22N2O3/c1-13-5-7-17(9-14(13)2)22-20(23)16(12-21)10-15-6-8-18(24-3)11-19(15)25-4/h5-9,11,16H,10H2,1-4H3,(H,22,23)/t16-/m0/s1. The molecule has 1 atom stereocenters. The van der Waals surface area contributed by atoms with Gasteiger partial charge in [0.15, 0.2) is 0 Å². The number of amides is 1. The number of nitriles is 1. The van der Waals surface area contributed by atoms with Gasteiger partial charge in [-0.25, -0.2) is 0 Å². The number of hydrogen-bond acceptors (Lipinski definition) is 4. The van der Waals surface area contributed by atoms with Crippen molar-refractivity contribution in [2.24, 2.45) is 5.92 Å². The number of hydrogen-bond donors (Lipinski definition) is 1. The van der Waals surface area contributed by atoms with Gasteiger partial charge in [0.05, 0.1) is 20.3 Å². The average molecular weight is 338 g/mol. The van der Waals surface area contributed by atoms with Crippen LogP contribution in [0.25, 0.3) is 0 Å². The van der Waals surface area contributed by atoms with Crippen molar-refractivity contribution in [3.05, 3.63) is 53.1 Å². The number of rotatable bonds is 6. The van der Waals surface area contributed by atoms with Gasteiger partial charge in [-0.1, -0.05) is 12.1 Å². The van der Waals surface area contributed by atoms with Crippen LogP contribution in [0.3, 0.4) is 0 Å². The largest absolute Gasteiger partial charge is 0.497 e. The average Bonchev–Trinajstić information content (AvgIpc) is 2.62. The van der Waals surface area contributed by atoms with Crippen LogP contribution in [0.1, 0.15) is 16.7 Å². The molecule has 2 aromatic carbocycles. The molecule has 0 bridgehead atoms. The van der Waals surface area contributed by atoms with Gasteiger partial charge in [0.25, 0.3) is 0 Å². The summed E-state index contributed by atoms with van der Waals surface area (Å²) in [6.07, 6.45) is 0.264. The summed E-state index contributed by atoms with van der Waals surface area (Å²) in [6, 6.07) is 13.1. The molecule has 1 amide bonds. The Labute approximate surface area is 148 Å². The SMILES string of the molecule is COc1ccc(C[C@@H](C#N)C(=O)Nc2ccc(C)c(C)c2)c(OC)c1. The molecule has 0 aromatic heterocycles. The number of carbonyl (C=O) groups excluding carboxylic acids is 1. The van der Waals surface area contributed by atoms with Gasteiger partial charge in [0.1, 0.15) is 17.4 Å². The Morgan fingerprint density at radius 2 is 1.88 bits per heavy atom. The number of anilines is 1. The molecule has 5 nitrogen and oxygen atoms in total. The quantitative estimate of drug-likeness (QED) is 0.873. The van der Waals surface area contributed by atoms with Gasteiger partial charge in [-0.3, -0.25) is 4.79 Å². The van der Waals surface area contributed by atoms with Gasteiger partial charge >= 0.3 is 0 Å². The highest BCUT2D eigenvalue weighted by molar-refractivity contribution is 5.94. The third-order valence-electron chi connectivity index (χ3n) is 4.17. The minimum Gasteiger partial charge on any atom is -0.497 e. The zero-order valence-electron chi connectivity index (χ0n) is 14.9. The molecule has 0 spiro atoms. The Kier molecular flexibility index (Phi) is 6.02. The lowest BCUT2D eigenvalue weighted by Crippen LogP contribution is -2.23. The summed E-state index contributed by atoms with van der Waals surface area (Å²) >= 11 is 0. The second-order valence-corrected chi connectivity index (χ2v) is 5.85. The third kappa shape index (κ3) is 4.51. The zero-order chi connectivity index (χ0) is 18.4. The molecule has 0 saturated carbocycles. The summed E-state index contributed by atoms with van der Waals surface area (Å²) in [5.41, 5.74) is 3.71. The fourth-order valence-corrected chi connectivity index (χ4v) is 2.49. The molecule has 0 saturated heterocycles. The fourth-order valence-electron chi connectivity index (χ4n) is 2.49. The number of nitrogens with zero attached hydrogens (tertiary/aromatic N) is 1. The van der Waals surface area contributed by atoms with Crippen LogP contribution in [-0.4, -0.2) is 20.1 Å². The summed E-state index contributed by atoms with van der Waals surface area (Å²) in [7, 11) is 3.12. The number of benzene rings is 2. The first-order chi connectivity index (χ1) is 12.0. The van der Waals surface area contributed by atoms with Crippen LogP contribution in [0.5, 0.6) is 11.5 Å². The molecule has 0 aliphatic rings. The smallest absolute Gasteiger partial charge is 0.242 e. The highest BCUT2D eigenvalue weighted by Gasteiger charge is 2.21. The van der Waals surface area contributed by atoms with Gasteiger partial charge in [-0.2, -0.15) is 5.26 Å². The lowest BCUT2D eigenvalue weighted by molar-refractivity contribution is -0.118. The Morgan fingerprint density at radius 3 is 2.48 bits per heavy atom. The second-order valence-electron chi connectivity index (χ2n) is 5.85. The first-order valence-corrected chi connectivity index (χ1v) is 7.97. The number of carbonyl (C=O) groups is 1. The van der Waals surface area contributed by atoms with Crippen LogP contribution in [0, 0.1) is 31.1 Å². The van der Waals surface area contributed by atoms with Crippen molar-refractivity contribution in [1.82, 2.24) is 0 Å². The van der Waals surface area contributed by atoms with Gasteiger partial charge < -0.3 is 14.8 Å². The maximum atomic E-state index is 12.5. The molecule has 0 aliphatic carbocycles. The molecular formula is C20H22N2O3. The van der Waals surface area contributed by atoms with Crippen molar-refractivity contribution in [2.75, 3.05) is 19.5 Å². The van der Waals surface area contributed by atoms with Crippen LogP contribution in [0.15, 0.2) is 36.4 Å². The van der Waals surface area contributed by atoms with Crippen LogP contribution < -0.4 is 14.8 Å². The summed E-state index contributed by atoms with van der Waals surface area (Å²) in [5, 5.41) is 12.2. The lowest BCUT2D eigenvalue weighted by atomic mass is 9.98. The van der Waals surface area contributed by atoms with E-state index in [0.717, 1.165) is 16.7 Å². The van der Waals surface area contributed by atoms with E-state index in [-0.39, 0.29) is 12.3 Å². The molecule has 1 N–H and O–H groups in total. The van der Waals surface area contributed by atoms with Crippen molar-refractivity contribution >= 4 is 11.6 Å². The molecule has 0 fully saturated rings. The number of nitrogens with one attached hydrogen (secondary N) is 1. The van der Waals surface area contributed by atoms with Crippen molar-refractivity contribution in [2.45, 2.75) is 20.3 Å². The fraction of sp³-hybridized carbons (Fsp3) is 0.300. The van der Waals surface area contributed by atoms with Crippen LogP contribution in [0.4, 0.5) is 5.69 Å². The highest BCUT2D eigenvalue weighted by atomic mass is 16.5. The summed E-state index contributed by atoms with van der Waals surface area (Å²) in [5.74, 6) is 0.111. The lowest BCUT2D eigenvalue weighted by Gasteiger charge is -2.14. The normalized spacial score (nSPS) is 11.3. The van der Waals surface area contributed by atoms with E-state index in [0.29, 0.717) is 17.2 Å². The van der Waals surface area contributed by atoms with E-state index in [1.54, 1.807) is 26.4 Å². The van der Waals surface area contributed by atoms with Gasteiger partial charge in [0, 0.05) is 18.2 Å². The zero-order valence-corrected chi connectivity index (χ0v) is 14.9. The van der Waals surface area contributed by atoms with E-state index in [1.807, 2.05) is 38.1 Å². The van der Waals surface area contributed by atoms with Crippen molar-refractivity contribution in [1.29, 1.82) is 5.26 Å². The van der Waals surface area contributed by atoms with Crippen molar-refractivity contribution in [3.8, 4) is 17.6 Å². The molecule has 0 heterocycles.